The Morgan fingerprint density at radius 2 is 2.00 bits per heavy atom. The molecule has 2 atom stereocenters. The summed E-state index contributed by atoms with van der Waals surface area (Å²) in [5.41, 5.74) is 0.447. The van der Waals surface area contributed by atoms with Crippen LogP contribution < -0.4 is 10.6 Å². The van der Waals surface area contributed by atoms with E-state index in [1.807, 2.05) is 20.8 Å². The molecule has 0 radical (unpaired) electrons. The van der Waals surface area contributed by atoms with Crippen LogP contribution in [0.5, 0.6) is 0 Å². The van der Waals surface area contributed by atoms with Crippen LogP contribution in [0.1, 0.15) is 50.6 Å². The average molecular weight is 409 g/mol. The van der Waals surface area contributed by atoms with E-state index in [1.54, 1.807) is 11.9 Å². The quantitative estimate of drug-likeness (QED) is 0.799. The van der Waals surface area contributed by atoms with Gasteiger partial charge in [0.15, 0.2) is 5.13 Å². The van der Waals surface area contributed by atoms with Crippen molar-refractivity contribution in [2.75, 3.05) is 18.9 Å². The van der Waals surface area contributed by atoms with E-state index in [0.29, 0.717) is 24.5 Å². The molecular weight excluding hydrogens is 380 g/mol. The normalized spacial score (nSPS) is 22.4. The van der Waals surface area contributed by atoms with Crippen molar-refractivity contribution in [3.8, 4) is 0 Å². The van der Waals surface area contributed by atoms with Crippen molar-refractivity contribution < 1.29 is 19.1 Å². The number of carbonyl (C=O) groups excluding carboxylic acids is 3. The summed E-state index contributed by atoms with van der Waals surface area (Å²) in [4.78, 5) is 43.6. The van der Waals surface area contributed by atoms with Gasteiger partial charge in [0.25, 0.3) is 0 Å². The van der Waals surface area contributed by atoms with Gasteiger partial charge in [-0.2, -0.15) is 0 Å². The first-order valence-corrected chi connectivity index (χ1v) is 10.5. The maximum Gasteiger partial charge on any atom is 0.407 e. The monoisotopic (exact) mass is 408 g/mol. The lowest BCUT2D eigenvalue weighted by Gasteiger charge is -2.27. The minimum Gasteiger partial charge on any atom is -0.444 e. The van der Waals surface area contributed by atoms with E-state index < -0.39 is 11.7 Å². The van der Waals surface area contributed by atoms with Gasteiger partial charge in [0, 0.05) is 43.3 Å². The van der Waals surface area contributed by atoms with Gasteiger partial charge < -0.3 is 20.3 Å². The van der Waals surface area contributed by atoms with Gasteiger partial charge in [0.2, 0.25) is 11.8 Å². The van der Waals surface area contributed by atoms with Crippen LogP contribution in [0.25, 0.3) is 0 Å². The number of nitrogens with zero attached hydrogens (tertiary/aromatic N) is 2. The summed E-state index contributed by atoms with van der Waals surface area (Å²) in [6.45, 7) is 6.11. The van der Waals surface area contributed by atoms with Gasteiger partial charge in [-0.25, -0.2) is 9.78 Å². The smallest absolute Gasteiger partial charge is 0.407 e. The molecule has 3 rings (SSSR count). The maximum atomic E-state index is 12.5. The molecule has 0 unspecified atom stereocenters. The highest BCUT2D eigenvalue weighted by Crippen LogP contribution is 2.31. The van der Waals surface area contributed by atoms with E-state index in [0.717, 1.165) is 23.4 Å². The van der Waals surface area contributed by atoms with Gasteiger partial charge in [-0.15, -0.1) is 11.3 Å². The van der Waals surface area contributed by atoms with E-state index in [9.17, 15) is 14.4 Å². The van der Waals surface area contributed by atoms with Crippen LogP contribution in [0, 0.1) is 5.92 Å². The van der Waals surface area contributed by atoms with E-state index in [1.165, 1.54) is 11.3 Å². The van der Waals surface area contributed by atoms with Crippen LogP contribution in [0.4, 0.5) is 9.93 Å². The van der Waals surface area contributed by atoms with Crippen molar-refractivity contribution in [2.45, 2.75) is 64.5 Å². The second kappa shape index (κ2) is 8.06. The topological polar surface area (TPSA) is 101 Å². The summed E-state index contributed by atoms with van der Waals surface area (Å²) in [6.07, 6.45) is 2.71. The molecule has 0 saturated carbocycles. The fourth-order valence-electron chi connectivity index (χ4n) is 3.40. The Morgan fingerprint density at radius 1 is 1.25 bits per heavy atom. The number of nitrogens with one attached hydrogen (secondary N) is 2. The van der Waals surface area contributed by atoms with Gasteiger partial charge in [0.1, 0.15) is 5.60 Å². The SMILES string of the molecule is CN1CC[C@H](C(=O)Nc2nc3c(s2)C[C@@H](NC(=O)OC(C)(C)C)CC3)CC1=O. The molecule has 28 heavy (non-hydrogen) atoms. The highest BCUT2D eigenvalue weighted by Gasteiger charge is 2.30. The maximum absolute atomic E-state index is 12.5. The van der Waals surface area contributed by atoms with Gasteiger partial charge in [0.05, 0.1) is 5.69 Å². The van der Waals surface area contributed by atoms with Crippen LogP contribution >= 0.6 is 11.3 Å². The average Bonchev–Trinajstić information content (AvgIpc) is 2.96. The van der Waals surface area contributed by atoms with Crippen LogP contribution in [-0.4, -0.2) is 53.0 Å². The standard InChI is InChI=1S/C19H28N4O4S/c1-19(2,3)27-18(26)20-12-5-6-13-14(10-12)28-17(21-13)22-16(25)11-7-8-23(4)15(24)9-11/h11-12H,5-10H2,1-4H3,(H,20,26)(H,21,22,25)/t11-,12-/m0/s1. The zero-order valence-corrected chi connectivity index (χ0v) is 17.6. The Kier molecular flexibility index (Phi) is 5.92. The molecule has 3 amide bonds. The lowest BCUT2D eigenvalue weighted by atomic mass is 9.96. The third kappa shape index (κ3) is 5.21. The first-order valence-electron chi connectivity index (χ1n) is 9.63. The third-order valence-electron chi connectivity index (χ3n) is 4.92. The molecular formula is C19H28N4O4S. The van der Waals surface area contributed by atoms with Crippen LogP contribution in [0.2, 0.25) is 0 Å². The van der Waals surface area contributed by atoms with Crippen LogP contribution in [-0.2, 0) is 27.2 Å². The molecule has 1 aliphatic carbocycles. The Morgan fingerprint density at radius 3 is 2.68 bits per heavy atom. The number of carbonyl (C=O) groups is 3. The van der Waals surface area contributed by atoms with Gasteiger partial charge in [-0.3, -0.25) is 9.59 Å². The number of ether oxygens (including phenoxy) is 1. The second-order valence-corrected chi connectivity index (χ2v) is 9.55. The number of aryl methyl sites for hydroxylation is 1. The van der Waals surface area contributed by atoms with Gasteiger partial charge in [-0.1, -0.05) is 0 Å². The molecule has 1 fully saturated rings. The summed E-state index contributed by atoms with van der Waals surface area (Å²) >= 11 is 1.44. The molecule has 8 nitrogen and oxygen atoms in total. The minimum absolute atomic E-state index is 0.000826. The molecule has 0 aromatic carbocycles. The molecule has 1 saturated heterocycles. The van der Waals surface area contributed by atoms with E-state index in [-0.39, 0.29) is 30.2 Å². The molecule has 2 aliphatic rings. The predicted octanol–water partition coefficient (Wildman–Crippen LogP) is 2.33. The number of piperidine rings is 1. The molecule has 0 spiro atoms. The number of alkyl carbamates (subject to hydrolysis) is 1. The lowest BCUT2D eigenvalue weighted by molar-refractivity contribution is -0.137. The van der Waals surface area contributed by atoms with Gasteiger partial charge >= 0.3 is 6.09 Å². The molecule has 9 heteroatoms. The molecule has 1 aromatic rings. The first kappa shape index (κ1) is 20.6. The fraction of sp³-hybridized carbons (Fsp3) is 0.684. The number of anilines is 1. The summed E-state index contributed by atoms with van der Waals surface area (Å²) in [5, 5.41) is 6.36. The first-order chi connectivity index (χ1) is 13.1. The number of amides is 3. The molecule has 154 valence electrons. The Labute approximate surface area is 169 Å². The van der Waals surface area contributed by atoms with Crippen LogP contribution in [0.15, 0.2) is 0 Å². The van der Waals surface area contributed by atoms with Crippen molar-refractivity contribution in [1.29, 1.82) is 0 Å². The predicted molar refractivity (Wildman–Crippen MR) is 106 cm³/mol. The highest BCUT2D eigenvalue weighted by atomic mass is 32.1. The summed E-state index contributed by atoms with van der Waals surface area (Å²) in [6, 6.07) is -0.00199. The molecule has 1 aliphatic heterocycles. The number of rotatable bonds is 3. The van der Waals surface area contributed by atoms with E-state index >= 15 is 0 Å². The Bertz CT molecular complexity index is 770. The lowest BCUT2D eigenvalue weighted by Crippen LogP contribution is -2.41. The molecule has 1 aromatic heterocycles. The van der Waals surface area contributed by atoms with Crippen molar-refractivity contribution in [2.24, 2.45) is 5.92 Å². The summed E-state index contributed by atoms with van der Waals surface area (Å²) in [5.74, 6) is -0.442. The van der Waals surface area contributed by atoms with Crippen molar-refractivity contribution in [1.82, 2.24) is 15.2 Å². The van der Waals surface area contributed by atoms with Crippen molar-refractivity contribution in [3.63, 3.8) is 0 Å². The molecule has 2 N–H and O–H groups in total. The summed E-state index contributed by atoms with van der Waals surface area (Å²) in [7, 11) is 1.76. The minimum atomic E-state index is -0.527. The number of fused-ring (bicyclic) bond motifs is 1. The number of thiazole rings is 1. The third-order valence-corrected chi connectivity index (χ3v) is 5.96. The van der Waals surface area contributed by atoms with Crippen molar-refractivity contribution >= 4 is 34.4 Å². The number of aromatic nitrogens is 1. The Balaban J connectivity index is 1.55. The van der Waals surface area contributed by atoms with Crippen molar-refractivity contribution in [3.05, 3.63) is 10.6 Å². The number of likely N-dealkylation sites (tertiary alicyclic amines) is 1. The molecule has 0 bridgehead atoms. The largest absolute Gasteiger partial charge is 0.444 e. The summed E-state index contributed by atoms with van der Waals surface area (Å²) < 4.78 is 5.32. The fourth-order valence-corrected chi connectivity index (χ4v) is 4.49. The van der Waals surface area contributed by atoms with Crippen LogP contribution in [0.3, 0.4) is 0 Å². The molecule has 2 heterocycles. The zero-order chi connectivity index (χ0) is 20.5. The zero-order valence-electron chi connectivity index (χ0n) is 16.8. The highest BCUT2D eigenvalue weighted by molar-refractivity contribution is 7.15. The number of hydrogen-bond acceptors (Lipinski definition) is 6. The van der Waals surface area contributed by atoms with E-state index in [4.69, 9.17) is 4.74 Å². The Hall–Kier alpha value is -2.16. The number of hydrogen-bond donors (Lipinski definition) is 2. The van der Waals surface area contributed by atoms with Gasteiger partial charge in [-0.05, 0) is 40.0 Å². The second-order valence-electron chi connectivity index (χ2n) is 8.47. The van der Waals surface area contributed by atoms with E-state index in [2.05, 4.69) is 15.6 Å².